The van der Waals surface area contributed by atoms with Crippen LogP contribution in [-0.2, 0) is 14.9 Å². The molecule has 19 heavy (non-hydrogen) atoms. The zero-order valence-corrected chi connectivity index (χ0v) is 12.5. The van der Waals surface area contributed by atoms with Gasteiger partial charge in [-0.15, -0.1) is 0 Å². The zero-order chi connectivity index (χ0) is 14.3. The van der Waals surface area contributed by atoms with E-state index in [0.717, 1.165) is 0 Å². The second-order valence-electron chi connectivity index (χ2n) is 5.48. The molecule has 0 atom stereocenters. The van der Waals surface area contributed by atoms with Crippen molar-refractivity contribution in [2.45, 2.75) is 39.5 Å². The fourth-order valence-electron chi connectivity index (χ4n) is 1.89. The molecule has 0 unspecified atom stereocenters. The first-order valence-corrected chi connectivity index (χ1v) is 6.87. The molecule has 0 spiro atoms. The van der Waals surface area contributed by atoms with Gasteiger partial charge in [0.2, 0.25) is 5.91 Å². The summed E-state index contributed by atoms with van der Waals surface area (Å²) >= 11 is 0. The summed E-state index contributed by atoms with van der Waals surface area (Å²) in [5, 5.41) is 2.98. The minimum Gasteiger partial charge on any atom is -0.381 e. The highest BCUT2D eigenvalue weighted by atomic mass is 16.5. The summed E-state index contributed by atoms with van der Waals surface area (Å²) in [4.78, 5) is 11.7. The van der Waals surface area contributed by atoms with Crippen LogP contribution >= 0.6 is 0 Å². The van der Waals surface area contributed by atoms with Gasteiger partial charge in [0.05, 0.1) is 6.61 Å². The lowest BCUT2D eigenvalue weighted by Crippen LogP contribution is -2.37. The van der Waals surface area contributed by atoms with Crippen molar-refractivity contribution in [3.63, 3.8) is 0 Å². The molecule has 0 bridgehead atoms. The largest absolute Gasteiger partial charge is 0.381 e. The Balaban J connectivity index is 2.48. The summed E-state index contributed by atoms with van der Waals surface area (Å²) < 4.78 is 5.18. The van der Waals surface area contributed by atoms with Gasteiger partial charge in [-0.3, -0.25) is 4.79 Å². The third kappa shape index (κ3) is 5.43. The van der Waals surface area contributed by atoms with Crippen LogP contribution in [0, 0.1) is 6.92 Å². The Labute approximate surface area is 116 Å². The van der Waals surface area contributed by atoms with Gasteiger partial charge in [-0.25, -0.2) is 0 Å². The van der Waals surface area contributed by atoms with Gasteiger partial charge in [0, 0.05) is 25.0 Å². The molecule has 0 saturated carbocycles. The van der Waals surface area contributed by atoms with Crippen LogP contribution < -0.4 is 5.32 Å². The molecule has 0 aliphatic carbocycles. The van der Waals surface area contributed by atoms with Gasteiger partial charge in [0.1, 0.15) is 0 Å². The number of carbonyl (C=O) groups excluding carboxylic acids is 1. The van der Waals surface area contributed by atoms with E-state index in [1.54, 1.807) is 0 Å². The van der Waals surface area contributed by atoms with Crippen molar-refractivity contribution in [3.8, 4) is 0 Å². The molecule has 3 nitrogen and oxygen atoms in total. The second-order valence-corrected chi connectivity index (χ2v) is 5.48. The Hall–Kier alpha value is -1.35. The maximum absolute atomic E-state index is 11.7. The molecular formula is C16H25NO2. The molecule has 0 heterocycles. The Bertz CT molecular complexity index is 413. The van der Waals surface area contributed by atoms with E-state index < -0.39 is 0 Å². The first-order valence-electron chi connectivity index (χ1n) is 6.87. The van der Waals surface area contributed by atoms with Gasteiger partial charge in [-0.05, 0) is 19.4 Å². The lowest BCUT2D eigenvalue weighted by molar-refractivity contribution is -0.122. The predicted molar refractivity (Wildman–Crippen MR) is 78.3 cm³/mol. The van der Waals surface area contributed by atoms with E-state index in [1.807, 2.05) is 6.92 Å². The maximum atomic E-state index is 11.7. The van der Waals surface area contributed by atoms with E-state index in [4.69, 9.17) is 4.74 Å². The Morgan fingerprint density at radius 1 is 1.37 bits per heavy atom. The highest BCUT2D eigenvalue weighted by Gasteiger charge is 2.21. The molecule has 1 amide bonds. The second kappa shape index (κ2) is 7.29. The first-order chi connectivity index (χ1) is 8.95. The quantitative estimate of drug-likeness (QED) is 0.768. The number of hydrogen-bond donors (Lipinski definition) is 1. The fraction of sp³-hybridized carbons (Fsp3) is 0.562. The molecule has 1 rings (SSSR count). The van der Waals surface area contributed by atoms with Gasteiger partial charge >= 0.3 is 0 Å². The molecule has 1 aromatic carbocycles. The monoisotopic (exact) mass is 263 g/mol. The van der Waals surface area contributed by atoms with Crippen LogP contribution in [-0.4, -0.2) is 25.7 Å². The predicted octanol–water partition coefficient (Wildman–Crippen LogP) is 2.82. The Kier molecular flexibility index (Phi) is 6.03. The number of nitrogens with one attached hydrogen (secondary N) is 1. The molecule has 0 aromatic heterocycles. The van der Waals surface area contributed by atoms with E-state index >= 15 is 0 Å². The summed E-state index contributed by atoms with van der Waals surface area (Å²) in [6.45, 7) is 10.1. The van der Waals surface area contributed by atoms with E-state index in [0.29, 0.717) is 26.2 Å². The van der Waals surface area contributed by atoms with Crippen LogP contribution in [0.25, 0.3) is 0 Å². The van der Waals surface area contributed by atoms with Crippen molar-refractivity contribution < 1.29 is 9.53 Å². The normalized spacial score (nSPS) is 11.4. The fourth-order valence-corrected chi connectivity index (χ4v) is 1.89. The molecule has 0 aliphatic rings. The number of hydrogen-bond acceptors (Lipinski definition) is 2. The number of benzene rings is 1. The lowest BCUT2D eigenvalue weighted by atomic mass is 9.84. The van der Waals surface area contributed by atoms with Gasteiger partial charge in [0.15, 0.2) is 0 Å². The minimum atomic E-state index is -0.0622. The molecule has 0 saturated heterocycles. The van der Waals surface area contributed by atoms with E-state index in [1.165, 1.54) is 11.1 Å². The summed E-state index contributed by atoms with van der Waals surface area (Å²) in [6, 6.07) is 8.43. The van der Waals surface area contributed by atoms with Gasteiger partial charge in [0.25, 0.3) is 0 Å². The molecule has 0 aliphatic heterocycles. The third-order valence-corrected chi connectivity index (χ3v) is 3.20. The highest BCUT2D eigenvalue weighted by molar-refractivity contribution is 5.76. The van der Waals surface area contributed by atoms with Crippen molar-refractivity contribution in [2.75, 3.05) is 19.8 Å². The summed E-state index contributed by atoms with van der Waals surface area (Å²) in [5.41, 5.74) is 2.43. The molecule has 3 heteroatoms. The lowest BCUT2D eigenvalue weighted by Gasteiger charge is -2.26. The van der Waals surface area contributed by atoms with Crippen LogP contribution in [0.4, 0.5) is 0 Å². The van der Waals surface area contributed by atoms with Crippen LogP contribution in [0.1, 0.15) is 38.3 Å². The minimum absolute atomic E-state index is 0.0502. The average molecular weight is 263 g/mol. The molecule has 0 fully saturated rings. The molecule has 106 valence electrons. The maximum Gasteiger partial charge on any atom is 0.222 e. The highest BCUT2D eigenvalue weighted by Crippen LogP contribution is 2.22. The van der Waals surface area contributed by atoms with Crippen molar-refractivity contribution in [3.05, 3.63) is 35.4 Å². The van der Waals surface area contributed by atoms with Crippen molar-refractivity contribution in [1.29, 1.82) is 0 Å². The first kappa shape index (κ1) is 15.7. The molecule has 1 N–H and O–H groups in total. The van der Waals surface area contributed by atoms with Crippen LogP contribution in [0.5, 0.6) is 0 Å². The molecule has 0 radical (unpaired) electrons. The third-order valence-electron chi connectivity index (χ3n) is 3.20. The standard InChI is InChI=1S/C16H25NO2/c1-5-19-10-9-15(18)17-12-16(3,4)14-8-6-7-13(2)11-14/h6-8,11H,5,9-10,12H2,1-4H3,(H,17,18). The number of carbonyl (C=O) groups is 1. The number of amides is 1. The van der Waals surface area contributed by atoms with Crippen LogP contribution in [0.3, 0.4) is 0 Å². The Morgan fingerprint density at radius 2 is 2.11 bits per heavy atom. The van der Waals surface area contributed by atoms with E-state index in [9.17, 15) is 4.79 Å². The van der Waals surface area contributed by atoms with Crippen molar-refractivity contribution in [1.82, 2.24) is 5.32 Å². The van der Waals surface area contributed by atoms with Crippen molar-refractivity contribution >= 4 is 5.91 Å². The van der Waals surface area contributed by atoms with E-state index in [2.05, 4.69) is 50.4 Å². The summed E-state index contributed by atoms with van der Waals surface area (Å²) in [5.74, 6) is 0.0502. The molecular weight excluding hydrogens is 238 g/mol. The van der Waals surface area contributed by atoms with Crippen LogP contribution in [0.2, 0.25) is 0 Å². The number of ether oxygens (including phenoxy) is 1. The van der Waals surface area contributed by atoms with E-state index in [-0.39, 0.29) is 11.3 Å². The topological polar surface area (TPSA) is 38.3 Å². The average Bonchev–Trinajstić information content (AvgIpc) is 2.37. The number of aryl methyl sites for hydroxylation is 1. The SMILES string of the molecule is CCOCCC(=O)NCC(C)(C)c1cccc(C)c1. The van der Waals surface area contributed by atoms with Crippen molar-refractivity contribution in [2.24, 2.45) is 0 Å². The number of rotatable bonds is 7. The van der Waals surface area contributed by atoms with Gasteiger partial charge in [-0.2, -0.15) is 0 Å². The Morgan fingerprint density at radius 3 is 2.74 bits per heavy atom. The van der Waals surface area contributed by atoms with Gasteiger partial charge < -0.3 is 10.1 Å². The van der Waals surface area contributed by atoms with Gasteiger partial charge in [-0.1, -0.05) is 43.7 Å². The summed E-state index contributed by atoms with van der Waals surface area (Å²) in [7, 11) is 0. The smallest absolute Gasteiger partial charge is 0.222 e. The summed E-state index contributed by atoms with van der Waals surface area (Å²) in [6.07, 6.45) is 0.428. The molecule has 1 aromatic rings. The zero-order valence-electron chi connectivity index (χ0n) is 12.5. The van der Waals surface area contributed by atoms with Crippen LogP contribution in [0.15, 0.2) is 24.3 Å².